The van der Waals surface area contributed by atoms with Crippen LogP contribution >= 0.6 is 11.3 Å². The van der Waals surface area contributed by atoms with E-state index in [1.54, 1.807) is 35.8 Å². The molecule has 2 aromatic carbocycles. The first-order valence-corrected chi connectivity index (χ1v) is 13.0. The first kappa shape index (κ1) is 24.5. The van der Waals surface area contributed by atoms with Gasteiger partial charge >= 0.3 is 6.18 Å². The lowest BCUT2D eigenvalue weighted by atomic mass is 9.86. The molecule has 0 amide bonds. The number of sulfonamides is 1. The number of rotatable bonds is 7. The molecule has 0 radical (unpaired) electrons. The highest BCUT2D eigenvalue weighted by atomic mass is 32.2. The van der Waals surface area contributed by atoms with Gasteiger partial charge in [-0.2, -0.15) is 13.2 Å². The highest BCUT2D eigenvalue weighted by molar-refractivity contribution is 7.93. The number of thiazole rings is 1. The van der Waals surface area contributed by atoms with Gasteiger partial charge in [-0.1, -0.05) is 24.8 Å². The van der Waals surface area contributed by atoms with Crippen molar-refractivity contribution in [2.75, 3.05) is 17.8 Å². The molecule has 1 saturated heterocycles. The van der Waals surface area contributed by atoms with Gasteiger partial charge in [-0.15, -0.1) is 11.3 Å². The molecule has 1 aromatic heterocycles. The zero-order valence-electron chi connectivity index (χ0n) is 18.2. The molecule has 3 aromatic rings. The number of hydrogen-bond donors (Lipinski definition) is 2. The summed E-state index contributed by atoms with van der Waals surface area (Å²) in [6, 6.07) is 11.7. The van der Waals surface area contributed by atoms with E-state index in [4.69, 9.17) is 0 Å². The lowest BCUT2D eigenvalue weighted by Gasteiger charge is -2.40. The number of piperidine rings is 1. The Labute approximate surface area is 199 Å². The maximum absolute atomic E-state index is 12.9. The predicted octanol–water partition coefficient (Wildman–Crippen LogP) is 5.24. The number of nitrogens with zero attached hydrogens (tertiary/aromatic N) is 2. The van der Waals surface area contributed by atoms with Crippen LogP contribution in [0, 0.1) is 0 Å². The number of likely N-dealkylation sites (tertiary alicyclic amines) is 1. The Morgan fingerprint density at radius 3 is 2.50 bits per heavy atom. The molecule has 0 saturated carbocycles. The summed E-state index contributed by atoms with van der Waals surface area (Å²) in [5, 5.41) is 10.5. The fourth-order valence-electron chi connectivity index (χ4n) is 4.02. The molecule has 182 valence electrons. The van der Waals surface area contributed by atoms with Gasteiger partial charge < -0.3 is 10.0 Å². The molecule has 2 heterocycles. The smallest absolute Gasteiger partial charge is 0.389 e. The van der Waals surface area contributed by atoms with Gasteiger partial charge in [0.1, 0.15) is 10.4 Å². The number of nitrogens with one attached hydrogen (secondary N) is 1. The van der Waals surface area contributed by atoms with Crippen LogP contribution < -0.4 is 4.72 Å². The second kappa shape index (κ2) is 9.20. The number of anilines is 1. The van der Waals surface area contributed by atoms with Crippen LogP contribution in [0.3, 0.4) is 0 Å². The van der Waals surface area contributed by atoms with Gasteiger partial charge in [0.15, 0.2) is 0 Å². The van der Waals surface area contributed by atoms with Crippen LogP contribution in [0.2, 0.25) is 0 Å². The summed E-state index contributed by atoms with van der Waals surface area (Å²) in [4.78, 5) is 6.18. The second-order valence-electron chi connectivity index (χ2n) is 8.41. The molecular weight excluding hydrogens is 487 g/mol. The van der Waals surface area contributed by atoms with E-state index in [1.165, 1.54) is 17.4 Å². The average molecular weight is 512 g/mol. The number of aromatic nitrogens is 1. The van der Waals surface area contributed by atoms with Gasteiger partial charge in [0.2, 0.25) is 0 Å². The van der Waals surface area contributed by atoms with Crippen molar-refractivity contribution in [3.8, 4) is 0 Å². The van der Waals surface area contributed by atoms with Crippen molar-refractivity contribution in [3.05, 3.63) is 60.1 Å². The maximum atomic E-state index is 12.9. The highest BCUT2D eigenvalue weighted by Gasteiger charge is 2.37. The third kappa shape index (κ3) is 5.53. The van der Waals surface area contributed by atoms with Crippen LogP contribution in [0.1, 0.15) is 31.2 Å². The zero-order valence-corrected chi connectivity index (χ0v) is 19.8. The number of benzene rings is 2. The quantitative estimate of drug-likeness (QED) is 0.454. The van der Waals surface area contributed by atoms with Gasteiger partial charge in [0.25, 0.3) is 10.0 Å². The molecule has 0 bridgehead atoms. The van der Waals surface area contributed by atoms with Crippen molar-refractivity contribution in [2.24, 2.45) is 0 Å². The van der Waals surface area contributed by atoms with Crippen LogP contribution in [0.4, 0.5) is 18.9 Å². The Bertz CT molecular complexity index is 1280. The zero-order chi connectivity index (χ0) is 24.6. The van der Waals surface area contributed by atoms with Crippen LogP contribution in [0.15, 0.2) is 59.4 Å². The molecule has 1 fully saturated rings. The second-order valence-corrected chi connectivity index (χ2v) is 10.9. The van der Waals surface area contributed by atoms with Crippen LogP contribution in [0.25, 0.3) is 15.9 Å². The normalized spacial score (nSPS) is 16.5. The molecule has 11 heteroatoms. The molecule has 0 spiro atoms. The summed E-state index contributed by atoms with van der Waals surface area (Å²) in [6.45, 7) is 4.86. The Morgan fingerprint density at radius 2 is 1.85 bits per heavy atom. The Balaban J connectivity index is 1.39. The molecule has 0 unspecified atom stereocenters. The summed E-state index contributed by atoms with van der Waals surface area (Å²) < 4.78 is 66.7. The van der Waals surface area contributed by atoms with E-state index >= 15 is 0 Å². The molecule has 2 N–H and O–H groups in total. The van der Waals surface area contributed by atoms with Gasteiger partial charge in [-0.05, 0) is 49.1 Å². The SMILES string of the molecule is C=C(c1ccc(NS(=O)(=O)c2cccc3scnc23)cc1)N1CCC(O)(CCC(F)(F)F)CC1. The minimum Gasteiger partial charge on any atom is -0.390 e. The molecule has 0 aliphatic carbocycles. The van der Waals surface area contributed by atoms with E-state index < -0.39 is 28.2 Å². The average Bonchev–Trinajstić information content (AvgIpc) is 3.27. The van der Waals surface area contributed by atoms with Gasteiger partial charge in [-0.3, -0.25) is 4.72 Å². The monoisotopic (exact) mass is 511 g/mol. The standard InChI is InChI=1S/C23H24F3N3O3S2/c1-16(29-13-11-22(30,12-14-29)9-10-23(24,25)26)17-5-7-18(8-6-17)28-34(31,32)20-4-2-3-19-21(20)27-15-33-19/h2-8,15,28,30H,1,9-14H2. The number of para-hydroxylation sites is 1. The predicted molar refractivity (Wildman–Crippen MR) is 127 cm³/mol. The first-order valence-electron chi connectivity index (χ1n) is 10.6. The fraction of sp³-hybridized carbons (Fsp3) is 0.348. The summed E-state index contributed by atoms with van der Waals surface area (Å²) in [6.07, 6.45) is -5.14. The summed E-state index contributed by atoms with van der Waals surface area (Å²) in [7, 11) is -3.84. The summed E-state index contributed by atoms with van der Waals surface area (Å²) in [5.74, 6) is 0. The Morgan fingerprint density at radius 1 is 1.18 bits per heavy atom. The number of aliphatic hydroxyl groups is 1. The van der Waals surface area contributed by atoms with Crippen molar-refractivity contribution < 1.29 is 26.7 Å². The highest BCUT2D eigenvalue weighted by Crippen LogP contribution is 2.34. The maximum Gasteiger partial charge on any atom is 0.389 e. The third-order valence-electron chi connectivity index (χ3n) is 6.03. The minimum absolute atomic E-state index is 0.103. The van der Waals surface area contributed by atoms with E-state index in [-0.39, 0.29) is 24.2 Å². The molecule has 4 rings (SSSR count). The van der Waals surface area contributed by atoms with E-state index in [2.05, 4.69) is 16.3 Å². The number of hydrogen-bond acceptors (Lipinski definition) is 6. The van der Waals surface area contributed by atoms with Gasteiger partial charge in [0.05, 0.1) is 15.8 Å². The topological polar surface area (TPSA) is 82.5 Å². The van der Waals surface area contributed by atoms with Crippen molar-refractivity contribution in [2.45, 2.75) is 42.4 Å². The van der Waals surface area contributed by atoms with Crippen molar-refractivity contribution in [1.82, 2.24) is 9.88 Å². The molecule has 6 nitrogen and oxygen atoms in total. The van der Waals surface area contributed by atoms with Crippen molar-refractivity contribution in [3.63, 3.8) is 0 Å². The summed E-state index contributed by atoms with van der Waals surface area (Å²) >= 11 is 1.36. The Kier molecular flexibility index (Phi) is 6.63. The number of halogens is 3. The van der Waals surface area contributed by atoms with Gasteiger partial charge in [0, 0.05) is 30.9 Å². The van der Waals surface area contributed by atoms with Gasteiger partial charge in [-0.25, -0.2) is 13.4 Å². The molecule has 1 aliphatic heterocycles. The van der Waals surface area contributed by atoms with Crippen LogP contribution in [-0.4, -0.2) is 48.3 Å². The largest absolute Gasteiger partial charge is 0.390 e. The number of alkyl halides is 3. The third-order valence-corrected chi connectivity index (χ3v) is 8.24. The van der Waals surface area contributed by atoms with E-state index in [9.17, 15) is 26.7 Å². The first-order chi connectivity index (χ1) is 16.0. The molecule has 34 heavy (non-hydrogen) atoms. The molecule has 1 aliphatic rings. The fourth-order valence-corrected chi connectivity index (χ4v) is 6.02. The van der Waals surface area contributed by atoms with E-state index in [0.29, 0.717) is 30.0 Å². The minimum atomic E-state index is -4.29. The molecule has 0 atom stereocenters. The van der Waals surface area contributed by atoms with Crippen LogP contribution in [-0.2, 0) is 10.0 Å². The molecular formula is C23H24F3N3O3S2. The van der Waals surface area contributed by atoms with Crippen LogP contribution in [0.5, 0.6) is 0 Å². The lowest BCUT2D eigenvalue weighted by Crippen LogP contribution is -2.44. The van der Waals surface area contributed by atoms with E-state index in [0.717, 1.165) is 10.3 Å². The lowest BCUT2D eigenvalue weighted by molar-refractivity contribution is -0.150. The van der Waals surface area contributed by atoms with Crippen molar-refractivity contribution >= 4 is 43.0 Å². The van der Waals surface area contributed by atoms with E-state index in [1.807, 2.05) is 11.0 Å². The Hall–Kier alpha value is -2.63. The number of fused-ring (bicyclic) bond motifs is 1. The van der Waals surface area contributed by atoms with Crippen molar-refractivity contribution in [1.29, 1.82) is 0 Å². The summed E-state index contributed by atoms with van der Waals surface area (Å²) in [5.41, 5.74) is 2.50.